The summed E-state index contributed by atoms with van der Waals surface area (Å²) in [5.74, 6) is 0.595. The normalized spacial score (nSPS) is 11.7. The molecule has 0 bridgehead atoms. The van der Waals surface area contributed by atoms with Gasteiger partial charge in [-0.05, 0) is 50.6 Å². The zero-order valence-corrected chi connectivity index (χ0v) is 15.6. The van der Waals surface area contributed by atoms with Crippen LogP contribution >= 0.6 is 22.9 Å². The van der Waals surface area contributed by atoms with Gasteiger partial charge in [-0.3, -0.25) is 4.72 Å². The zero-order valence-electron chi connectivity index (χ0n) is 13.3. The highest BCUT2D eigenvalue weighted by atomic mass is 35.5. The molecule has 0 saturated carbocycles. The van der Waals surface area contributed by atoms with Gasteiger partial charge in [0, 0.05) is 10.6 Å². The molecule has 3 rings (SSSR count). The van der Waals surface area contributed by atoms with Gasteiger partial charge in [-0.1, -0.05) is 22.8 Å². The molecule has 0 atom stereocenters. The molecule has 2 heterocycles. The Morgan fingerprint density at radius 2 is 1.92 bits per heavy atom. The van der Waals surface area contributed by atoms with Crippen LogP contribution < -0.4 is 4.72 Å². The van der Waals surface area contributed by atoms with E-state index in [9.17, 15) is 8.42 Å². The lowest BCUT2D eigenvalue weighted by Crippen LogP contribution is -2.12. The summed E-state index contributed by atoms with van der Waals surface area (Å²) in [6, 6.07) is 8.34. The number of rotatable bonds is 4. The Morgan fingerprint density at radius 1 is 1.17 bits per heavy atom. The molecule has 126 valence electrons. The Hall–Kier alpha value is -1.83. The van der Waals surface area contributed by atoms with Gasteiger partial charge in [0.25, 0.3) is 10.0 Å². The van der Waals surface area contributed by atoms with Crippen LogP contribution in [0.15, 0.2) is 39.1 Å². The highest BCUT2D eigenvalue weighted by Gasteiger charge is 2.21. The largest absolute Gasteiger partial charge is 0.355 e. The van der Waals surface area contributed by atoms with Gasteiger partial charge < -0.3 is 4.52 Å². The molecule has 3 aromatic rings. The highest BCUT2D eigenvalue weighted by molar-refractivity contribution is 7.94. The van der Waals surface area contributed by atoms with Crippen LogP contribution in [0.25, 0.3) is 10.6 Å². The molecule has 0 amide bonds. The summed E-state index contributed by atoms with van der Waals surface area (Å²) in [7, 11) is -3.70. The third-order valence-electron chi connectivity index (χ3n) is 3.67. The molecular weight excluding hydrogens is 368 g/mol. The van der Waals surface area contributed by atoms with Crippen LogP contribution in [-0.4, -0.2) is 13.6 Å². The fourth-order valence-corrected chi connectivity index (χ4v) is 4.77. The van der Waals surface area contributed by atoms with E-state index in [1.807, 2.05) is 20.8 Å². The van der Waals surface area contributed by atoms with Gasteiger partial charge >= 0.3 is 0 Å². The summed E-state index contributed by atoms with van der Waals surface area (Å²) in [5.41, 5.74) is 2.94. The number of nitrogens with zero attached hydrogens (tertiary/aromatic N) is 1. The number of hydrogen-bond donors (Lipinski definition) is 1. The number of aryl methyl sites for hydroxylation is 2. The van der Waals surface area contributed by atoms with E-state index in [0.29, 0.717) is 16.5 Å². The zero-order chi connectivity index (χ0) is 17.5. The van der Waals surface area contributed by atoms with Crippen molar-refractivity contribution in [2.45, 2.75) is 25.0 Å². The molecule has 0 aliphatic carbocycles. The molecule has 2 aromatic heterocycles. The lowest BCUT2D eigenvalue weighted by Gasteiger charge is -2.09. The minimum absolute atomic E-state index is 0.199. The molecule has 5 nitrogen and oxygen atoms in total. The summed E-state index contributed by atoms with van der Waals surface area (Å²) < 4.78 is 33.3. The van der Waals surface area contributed by atoms with Crippen LogP contribution in [0.1, 0.15) is 16.8 Å². The van der Waals surface area contributed by atoms with Crippen LogP contribution in [0.4, 0.5) is 5.69 Å². The lowest BCUT2D eigenvalue weighted by atomic mass is 10.2. The van der Waals surface area contributed by atoms with E-state index >= 15 is 0 Å². The molecular formula is C16H15ClN2O3S2. The van der Waals surface area contributed by atoms with E-state index in [1.165, 1.54) is 0 Å². The first kappa shape index (κ1) is 17.0. The molecule has 0 fully saturated rings. The molecule has 0 aliphatic rings. The number of sulfonamides is 1. The number of aromatic nitrogens is 1. The second kappa shape index (κ2) is 6.23. The molecule has 0 aliphatic heterocycles. The topological polar surface area (TPSA) is 72.2 Å². The monoisotopic (exact) mass is 382 g/mol. The van der Waals surface area contributed by atoms with Crippen molar-refractivity contribution in [1.82, 2.24) is 5.16 Å². The standard InChI is InChI=1S/C16H15ClN2O3S2/c1-9-4-5-12(17)8-13(9)19-24(20,21)15-7-6-14(23-15)16-10(2)11(3)18-22-16/h4-8,19H,1-3H3. The fourth-order valence-electron chi connectivity index (χ4n) is 2.13. The Morgan fingerprint density at radius 3 is 2.58 bits per heavy atom. The highest BCUT2D eigenvalue weighted by Crippen LogP contribution is 2.34. The second-order valence-corrected chi connectivity index (χ2v) is 8.83. The van der Waals surface area contributed by atoms with Crippen molar-refractivity contribution in [2.24, 2.45) is 0 Å². The first-order chi connectivity index (χ1) is 11.3. The number of halogens is 1. The average Bonchev–Trinajstić information content (AvgIpc) is 3.12. The Bertz CT molecular complexity index is 1010. The fraction of sp³-hybridized carbons (Fsp3) is 0.188. The molecule has 0 unspecified atom stereocenters. The van der Waals surface area contributed by atoms with Crippen molar-refractivity contribution in [3.05, 3.63) is 52.2 Å². The maximum atomic E-state index is 12.6. The molecule has 0 saturated heterocycles. The predicted molar refractivity (Wildman–Crippen MR) is 96.3 cm³/mol. The summed E-state index contributed by atoms with van der Waals surface area (Å²) in [6.07, 6.45) is 0. The van der Waals surface area contributed by atoms with E-state index in [1.54, 1.807) is 30.3 Å². The van der Waals surface area contributed by atoms with Gasteiger partial charge in [-0.25, -0.2) is 8.42 Å². The quantitative estimate of drug-likeness (QED) is 0.704. The summed E-state index contributed by atoms with van der Waals surface area (Å²) in [5, 5.41) is 4.38. The molecule has 1 aromatic carbocycles. The van der Waals surface area contributed by atoms with Crippen molar-refractivity contribution >= 4 is 38.6 Å². The van der Waals surface area contributed by atoms with E-state index in [0.717, 1.165) is 33.0 Å². The van der Waals surface area contributed by atoms with E-state index in [4.69, 9.17) is 16.1 Å². The van der Waals surface area contributed by atoms with E-state index in [-0.39, 0.29) is 4.21 Å². The average molecular weight is 383 g/mol. The third kappa shape index (κ3) is 3.19. The minimum Gasteiger partial charge on any atom is -0.355 e. The van der Waals surface area contributed by atoms with Crippen LogP contribution in [0.2, 0.25) is 5.02 Å². The summed E-state index contributed by atoms with van der Waals surface area (Å²) in [6.45, 7) is 5.55. The minimum atomic E-state index is -3.70. The van der Waals surface area contributed by atoms with Crippen LogP contribution in [0, 0.1) is 20.8 Å². The maximum Gasteiger partial charge on any atom is 0.271 e. The van der Waals surface area contributed by atoms with Crippen molar-refractivity contribution in [3.8, 4) is 10.6 Å². The van der Waals surface area contributed by atoms with Crippen molar-refractivity contribution in [1.29, 1.82) is 0 Å². The van der Waals surface area contributed by atoms with Gasteiger partial charge in [0.05, 0.1) is 16.3 Å². The van der Waals surface area contributed by atoms with Gasteiger partial charge in [-0.15, -0.1) is 11.3 Å². The molecule has 24 heavy (non-hydrogen) atoms. The van der Waals surface area contributed by atoms with E-state index in [2.05, 4.69) is 9.88 Å². The van der Waals surface area contributed by atoms with Crippen molar-refractivity contribution < 1.29 is 12.9 Å². The number of nitrogens with one attached hydrogen (secondary N) is 1. The lowest BCUT2D eigenvalue weighted by molar-refractivity contribution is 0.427. The summed E-state index contributed by atoms with van der Waals surface area (Å²) >= 11 is 7.08. The summed E-state index contributed by atoms with van der Waals surface area (Å²) in [4.78, 5) is 0.719. The number of benzene rings is 1. The number of hydrogen-bond acceptors (Lipinski definition) is 5. The van der Waals surface area contributed by atoms with Crippen LogP contribution in [0.3, 0.4) is 0 Å². The number of anilines is 1. The van der Waals surface area contributed by atoms with Crippen molar-refractivity contribution in [3.63, 3.8) is 0 Å². The maximum absolute atomic E-state index is 12.6. The second-order valence-electron chi connectivity index (χ2n) is 5.41. The smallest absolute Gasteiger partial charge is 0.271 e. The molecule has 0 spiro atoms. The number of thiophene rings is 1. The molecule has 8 heteroatoms. The Kier molecular flexibility index (Phi) is 4.42. The third-order valence-corrected chi connectivity index (χ3v) is 6.85. The predicted octanol–water partition coefficient (Wildman–Crippen LogP) is 4.78. The Labute approximate surface area is 149 Å². The Balaban J connectivity index is 1.94. The van der Waals surface area contributed by atoms with Crippen LogP contribution in [-0.2, 0) is 10.0 Å². The van der Waals surface area contributed by atoms with E-state index < -0.39 is 10.0 Å². The van der Waals surface area contributed by atoms with Gasteiger partial charge in [0.2, 0.25) is 0 Å². The van der Waals surface area contributed by atoms with Gasteiger partial charge in [0.15, 0.2) is 5.76 Å². The van der Waals surface area contributed by atoms with Gasteiger partial charge in [-0.2, -0.15) is 0 Å². The molecule has 1 N–H and O–H groups in total. The first-order valence-corrected chi connectivity index (χ1v) is 9.78. The van der Waals surface area contributed by atoms with Gasteiger partial charge in [0.1, 0.15) is 4.21 Å². The molecule has 0 radical (unpaired) electrons. The van der Waals surface area contributed by atoms with Crippen molar-refractivity contribution in [2.75, 3.05) is 4.72 Å². The van der Waals surface area contributed by atoms with Crippen LogP contribution in [0.5, 0.6) is 0 Å². The SMILES string of the molecule is Cc1ccc(Cl)cc1NS(=O)(=O)c1ccc(-c2onc(C)c2C)s1. The first-order valence-electron chi connectivity index (χ1n) is 7.10.